The molecule has 1 heterocycles. The lowest BCUT2D eigenvalue weighted by Gasteiger charge is -2.41. The number of Topliss-reactive ketones (excluding diaryl/α,β-unsaturated/α-hetero) is 1. The molecule has 0 fully saturated rings. The lowest BCUT2D eigenvalue weighted by molar-refractivity contribution is -0.192. The largest absolute Gasteiger partial charge is 0.490 e. The number of alkyl halides is 3. The predicted octanol–water partition coefficient (Wildman–Crippen LogP) is 4.99. The summed E-state index contributed by atoms with van der Waals surface area (Å²) in [5.41, 5.74) is 19.2. The van der Waals surface area contributed by atoms with E-state index in [4.69, 9.17) is 36.6 Å². The number of amides is 4. The molecule has 430 valence electrons. The van der Waals surface area contributed by atoms with Crippen LogP contribution in [0.2, 0.25) is 0 Å². The van der Waals surface area contributed by atoms with Gasteiger partial charge in [0, 0.05) is 36.1 Å². The van der Waals surface area contributed by atoms with Gasteiger partial charge in [-0.15, -0.1) is 0 Å². The number of esters is 2. The van der Waals surface area contributed by atoms with Gasteiger partial charge in [0.15, 0.2) is 5.78 Å². The molecular formula is C56H64F5N7O12. The number of ether oxygens (including phenoxy) is 2. The highest BCUT2D eigenvalue weighted by Crippen LogP contribution is 2.41. The van der Waals surface area contributed by atoms with Crippen molar-refractivity contribution in [2.45, 2.75) is 103 Å². The molecule has 4 aromatic carbocycles. The molecule has 80 heavy (non-hydrogen) atoms. The van der Waals surface area contributed by atoms with Gasteiger partial charge in [-0.2, -0.15) is 13.2 Å². The molecule has 0 spiro atoms. The second kappa shape index (κ2) is 29.6. The van der Waals surface area contributed by atoms with Crippen LogP contribution in [0.25, 0.3) is 11.1 Å². The normalized spacial score (nSPS) is 13.6. The highest BCUT2D eigenvalue weighted by atomic mass is 19.4. The van der Waals surface area contributed by atoms with E-state index in [1.165, 1.54) is 11.8 Å². The van der Waals surface area contributed by atoms with Gasteiger partial charge in [-0.05, 0) is 59.7 Å². The van der Waals surface area contributed by atoms with Crippen LogP contribution in [0.1, 0.15) is 75.4 Å². The van der Waals surface area contributed by atoms with Gasteiger partial charge in [0.1, 0.15) is 43.5 Å². The zero-order chi connectivity index (χ0) is 59.5. The number of nitrogens with two attached hydrogens (primary N) is 3. The van der Waals surface area contributed by atoms with E-state index in [2.05, 4.69) is 10.6 Å². The summed E-state index contributed by atoms with van der Waals surface area (Å²) >= 11 is 0. The summed E-state index contributed by atoms with van der Waals surface area (Å²) in [7, 11) is 0. The molecule has 10 N–H and O–H groups in total. The number of aliphatic carboxylic acids is 1. The molecule has 0 saturated carbocycles. The van der Waals surface area contributed by atoms with E-state index in [0.717, 1.165) is 23.8 Å². The molecule has 0 bridgehead atoms. The number of benzene rings is 4. The van der Waals surface area contributed by atoms with Crippen LogP contribution in [0.15, 0.2) is 121 Å². The standard InChI is InChI=1S/C54H63F2N7O10.C2HF3O2/c1-33(57)49(68)40(26-47(67)72-31-35-16-10-6-11-17-35)48(53(71)73-32-36-18-12-7-13-19-36)61-52(70)43(60-51(69)42(58)27-45(59)65)22-23-63(46(66)30-64)50(54(2,3)4)44-24-37(39-25-38(55)20-21-41(39)56)29-62(44)28-34-14-8-5-9-15-34;3-2(4,5)1(6)7/h5-21,24-25,29,33,40,42-43,48,50,64H,22-23,26-28,30-32,57-58H2,1-4H3,(H2,59,65)(H,60,69)(H,61,70);(H,6,7)/t33-,40?,42-,43-,48+,50-;/m0./s1. The lowest BCUT2D eigenvalue weighted by Crippen LogP contribution is -2.59. The molecule has 0 aliphatic rings. The highest BCUT2D eigenvalue weighted by molar-refractivity contribution is 5.98. The number of carboxylic acids is 1. The van der Waals surface area contributed by atoms with Crippen LogP contribution >= 0.6 is 0 Å². The second-order valence-corrected chi connectivity index (χ2v) is 19.6. The van der Waals surface area contributed by atoms with Gasteiger partial charge >= 0.3 is 24.1 Å². The third-order valence-corrected chi connectivity index (χ3v) is 12.1. The van der Waals surface area contributed by atoms with E-state index in [-0.39, 0.29) is 30.9 Å². The van der Waals surface area contributed by atoms with E-state index >= 15 is 4.39 Å². The summed E-state index contributed by atoms with van der Waals surface area (Å²) in [4.78, 5) is 106. The van der Waals surface area contributed by atoms with Crippen molar-refractivity contribution < 1.29 is 80.0 Å². The van der Waals surface area contributed by atoms with Crippen LogP contribution in [0.4, 0.5) is 22.0 Å². The molecule has 4 amide bonds. The number of hydrogen-bond donors (Lipinski definition) is 7. The molecule has 5 rings (SSSR count). The third kappa shape index (κ3) is 19.5. The van der Waals surface area contributed by atoms with Crippen molar-refractivity contribution in [3.05, 3.63) is 155 Å². The first kappa shape index (κ1) is 64.2. The minimum Gasteiger partial charge on any atom is -0.475 e. The Balaban J connectivity index is 0.00000184. The molecule has 0 radical (unpaired) electrons. The van der Waals surface area contributed by atoms with Gasteiger partial charge in [-0.1, -0.05) is 112 Å². The van der Waals surface area contributed by atoms with E-state index in [0.29, 0.717) is 16.8 Å². The Hall–Kier alpha value is -8.35. The number of aliphatic hydroxyl groups excluding tert-OH is 1. The fourth-order valence-electron chi connectivity index (χ4n) is 8.32. The minimum absolute atomic E-state index is 0.0605. The predicted molar refractivity (Wildman–Crippen MR) is 280 cm³/mol. The topological polar surface area (TPSA) is 306 Å². The van der Waals surface area contributed by atoms with Crippen molar-refractivity contribution in [1.29, 1.82) is 0 Å². The van der Waals surface area contributed by atoms with E-state index in [1.54, 1.807) is 98.3 Å². The number of carboxylic acid groups (broad SMARTS) is 1. The number of carbonyl (C=O) groups excluding carboxylic acids is 7. The summed E-state index contributed by atoms with van der Waals surface area (Å²) in [6.07, 6.45) is -5.33. The Morgan fingerprint density at radius 2 is 1.27 bits per heavy atom. The van der Waals surface area contributed by atoms with Gasteiger partial charge in [0.2, 0.25) is 23.6 Å². The Morgan fingerprint density at radius 1 is 0.738 bits per heavy atom. The number of aliphatic hydroxyl groups is 1. The Morgan fingerprint density at radius 3 is 1.77 bits per heavy atom. The average molecular weight is 1120 g/mol. The van der Waals surface area contributed by atoms with E-state index in [9.17, 15) is 56.2 Å². The Labute approximate surface area is 457 Å². The molecule has 5 aromatic rings. The first-order chi connectivity index (χ1) is 37.6. The van der Waals surface area contributed by atoms with Gasteiger partial charge in [0.05, 0.1) is 36.9 Å². The number of aromatic nitrogens is 1. The third-order valence-electron chi connectivity index (χ3n) is 12.1. The van der Waals surface area contributed by atoms with Crippen molar-refractivity contribution in [2.75, 3.05) is 13.2 Å². The summed E-state index contributed by atoms with van der Waals surface area (Å²) in [6, 6.07) is 23.4. The quantitative estimate of drug-likeness (QED) is 0.0299. The second-order valence-electron chi connectivity index (χ2n) is 19.6. The number of primary amides is 1. The SMILES string of the molecule is C[C@H](N)C(=O)C(CC(=O)OCc1ccccc1)[C@@H](NC(=O)[C@H](CCN(C(=O)CO)[C@@H](c1cc(-c2cc(F)ccc2F)cn1Cc1ccccc1)C(C)(C)C)NC(=O)[C@@H](N)CC(N)=O)C(=O)OCc1ccccc1.O=C(O)C(F)(F)F. The maximum absolute atomic E-state index is 15.4. The van der Waals surface area contributed by atoms with Gasteiger partial charge < -0.3 is 57.0 Å². The van der Waals surface area contributed by atoms with Crippen LogP contribution in [-0.2, 0) is 67.6 Å². The maximum atomic E-state index is 15.4. The zero-order valence-electron chi connectivity index (χ0n) is 44.2. The first-order valence-electron chi connectivity index (χ1n) is 24.8. The van der Waals surface area contributed by atoms with E-state index in [1.807, 2.05) is 30.3 Å². The number of nitrogens with zero attached hydrogens (tertiary/aromatic N) is 2. The number of halogens is 5. The molecular weight excluding hydrogens is 1060 g/mol. The highest BCUT2D eigenvalue weighted by Gasteiger charge is 2.42. The summed E-state index contributed by atoms with van der Waals surface area (Å²) in [5, 5.41) is 22.6. The summed E-state index contributed by atoms with van der Waals surface area (Å²) in [5.74, 6) is -12.7. The van der Waals surface area contributed by atoms with Crippen LogP contribution in [-0.4, -0.2) is 110 Å². The Kier molecular flexibility index (Phi) is 23.7. The molecule has 1 unspecified atom stereocenters. The van der Waals surface area contributed by atoms with Crippen LogP contribution in [0.5, 0.6) is 0 Å². The fourth-order valence-corrected chi connectivity index (χ4v) is 8.32. The summed E-state index contributed by atoms with van der Waals surface area (Å²) < 4.78 is 74.7. The maximum Gasteiger partial charge on any atom is 0.490 e. The monoisotopic (exact) mass is 1120 g/mol. The summed E-state index contributed by atoms with van der Waals surface area (Å²) in [6.45, 7) is 4.99. The van der Waals surface area contributed by atoms with Crippen molar-refractivity contribution >= 4 is 47.3 Å². The van der Waals surface area contributed by atoms with Crippen molar-refractivity contribution in [3.8, 4) is 11.1 Å². The van der Waals surface area contributed by atoms with Crippen molar-refractivity contribution in [1.82, 2.24) is 20.1 Å². The average Bonchev–Trinajstić information content (AvgIpc) is 3.98. The molecule has 0 aliphatic heterocycles. The van der Waals surface area contributed by atoms with Gasteiger partial charge in [-0.3, -0.25) is 28.8 Å². The Bertz CT molecular complexity index is 2920. The number of hydrogen-bond acceptors (Lipinski definition) is 13. The van der Waals surface area contributed by atoms with Crippen LogP contribution < -0.4 is 27.8 Å². The lowest BCUT2D eigenvalue weighted by atomic mass is 9.82. The van der Waals surface area contributed by atoms with Gasteiger partial charge in [0.25, 0.3) is 0 Å². The van der Waals surface area contributed by atoms with E-state index < -0.39 is 139 Å². The fraction of sp³-hybridized carbons (Fsp3) is 0.357. The smallest absolute Gasteiger partial charge is 0.475 e. The molecule has 24 heteroatoms. The number of ketones is 1. The van der Waals surface area contributed by atoms with Crippen molar-refractivity contribution in [3.63, 3.8) is 0 Å². The molecule has 1 aromatic heterocycles. The first-order valence-corrected chi connectivity index (χ1v) is 24.8. The minimum atomic E-state index is -5.08. The molecule has 0 saturated heterocycles. The molecule has 6 atom stereocenters. The van der Waals surface area contributed by atoms with Crippen molar-refractivity contribution in [2.24, 2.45) is 28.5 Å². The number of carbonyl (C=O) groups is 8. The number of nitrogens with one attached hydrogen (secondary N) is 2. The van der Waals surface area contributed by atoms with Crippen LogP contribution in [0.3, 0.4) is 0 Å². The van der Waals surface area contributed by atoms with Crippen LogP contribution in [0, 0.1) is 23.0 Å². The molecule has 0 aliphatic carbocycles. The zero-order valence-corrected chi connectivity index (χ0v) is 44.2. The van der Waals surface area contributed by atoms with Gasteiger partial charge in [-0.25, -0.2) is 18.4 Å². The number of rotatable bonds is 25. The molecule has 19 nitrogen and oxygen atoms in total.